The molecule has 18 heavy (non-hydrogen) atoms. The van der Waals surface area contributed by atoms with Crippen LogP contribution in [0.1, 0.15) is 21.5 Å². The Morgan fingerprint density at radius 3 is 2.78 bits per heavy atom. The van der Waals surface area contributed by atoms with Crippen molar-refractivity contribution in [1.82, 2.24) is 9.55 Å². The molecule has 0 aliphatic heterocycles. The molecule has 5 nitrogen and oxygen atoms in total. The second-order valence-electron chi connectivity index (χ2n) is 4.00. The molecule has 0 fully saturated rings. The summed E-state index contributed by atoms with van der Waals surface area (Å²) in [4.78, 5) is 25.6. The highest BCUT2D eigenvalue weighted by molar-refractivity contribution is 5.86. The van der Waals surface area contributed by atoms with Gasteiger partial charge in [-0.2, -0.15) is 4.98 Å². The van der Waals surface area contributed by atoms with Gasteiger partial charge in [-0.25, -0.2) is 4.79 Å². The van der Waals surface area contributed by atoms with E-state index in [-0.39, 0.29) is 5.56 Å². The number of benzene rings is 1. The van der Waals surface area contributed by atoms with Gasteiger partial charge >= 0.3 is 5.97 Å². The van der Waals surface area contributed by atoms with E-state index in [1.807, 2.05) is 31.2 Å². The van der Waals surface area contributed by atoms with Gasteiger partial charge in [0.15, 0.2) is 0 Å². The first-order chi connectivity index (χ1) is 8.58. The quantitative estimate of drug-likeness (QED) is 0.883. The first-order valence-electron chi connectivity index (χ1n) is 5.42. The Hall–Kier alpha value is -2.43. The molecule has 0 bridgehead atoms. The van der Waals surface area contributed by atoms with Gasteiger partial charge in [-0.15, -0.1) is 0 Å². The Bertz CT molecular complexity index is 647. The van der Waals surface area contributed by atoms with Gasteiger partial charge in [0.2, 0.25) is 0 Å². The van der Waals surface area contributed by atoms with Crippen LogP contribution >= 0.6 is 0 Å². The van der Waals surface area contributed by atoms with Gasteiger partial charge in [0.25, 0.3) is 5.56 Å². The molecule has 0 atom stereocenters. The SMILES string of the molecule is Cc1ccccc1Cn1cnc(=O)c(C(=O)O)c1. The fourth-order valence-electron chi connectivity index (χ4n) is 1.67. The zero-order valence-electron chi connectivity index (χ0n) is 9.83. The van der Waals surface area contributed by atoms with Crippen LogP contribution in [0.25, 0.3) is 0 Å². The highest BCUT2D eigenvalue weighted by Gasteiger charge is 2.09. The first kappa shape index (κ1) is 12.0. The maximum atomic E-state index is 11.2. The molecule has 0 unspecified atom stereocenters. The number of carboxylic acid groups (broad SMARTS) is 1. The Balaban J connectivity index is 2.36. The highest BCUT2D eigenvalue weighted by Crippen LogP contribution is 2.08. The number of nitrogens with zero attached hydrogens (tertiary/aromatic N) is 2. The zero-order chi connectivity index (χ0) is 13.1. The topological polar surface area (TPSA) is 72.2 Å². The van der Waals surface area contributed by atoms with Crippen LogP contribution in [0, 0.1) is 6.92 Å². The molecule has 2 rings (SSSR count). The second kappa shape index (κ2) is 4.83. The van der Waals surface area contributed by atoms with Gasteiger partial charge in [-0.1, -0.05) is 24.3 Å². The van der Waals surface area contributed by atoms with Crippen molar-refractivity contribution in [2.24, 2.45) is 0 Å². The summed E-state index contributed by atoms with van der Waals surface area (Å²) < 4.78 is 1.59. The maximum Gasteiger partial charge on any atom is 0.342 e. The van der Waals surface area contributed by atoms with Crippen LogP contribution in [-0.2, 0) is 6.54 Å². The van der Waals surface area contributed by atoms with E-state index in [1.165, 1.54) is 12.5 Å². The number of hydrogen-bond acceptors (Lipinski definition) is 3. The molecule has 2 aromatic rings. The molecule has 1 aromatic carbocycles. The van der Waals surface area contributed by atoms with Gasteiger partial charge in [-0.3, -0.25) is 4.79 Å². The average molecular weight is 244 g/mol. The molecular formula is C13H12N2O3. The lowest BCUT2D eigenvalue weighted by Crippen LogP contribution is -2.20. The van der Waals surface area contributed by atoms with Crippen molar-refractivity contribution in [2.45, 2.75) is 13.5 Å². The summed E-state index contributed by atoms with van der Waals surface area (Å²) in [5.74, 6) is -1.26. The minimum absolute atomic E-state index is 0.314. The van der Waals surface area contributed by atoms with E-state index in [4.69, 9.17) is 5.11 Å². The minimum Gasteiger partial charge on any atom is -0.477 e. The smallest absolute Gasteiger partial charge is 0.342 e. The molecule has 1 aromatic heterocycles. The van der Waals surface area contributed by atoms with Crippen LogP contribution in [0.2, 0.25) is 0 Å². The summed E-state index contributed by atoms with van der Waals surface area (Å²) in [6.07, 6.45) is 2.66. The number of aromatic carboxylic acids is 1. The Morgan fingerprint density at radius 1 is 1.39 bits per heavy atom. The summed E-state index contributed by atoms with van der Waals surface area (Å²) in [5, 5.41) is 8.86. The van der Waals surface area contributed by atoms with E-state index >= 15 is 0 Å². The molecule has 92 valence electrons. The summed E-state index contributed by atoms with van der Waals surface area (Å²) in [6.45, 7) is 2.46. The van der Waals surface area contributed by atoms with Crippen molar-refractivity contribution in [3.05, 3.63) is 63.8 Å². The van der Waals surface area contributed by atoms with Crippen molar-refractivity contribution < 1.29 is 9.90 Å². The van der Waals surface area contributed by atoms with Crippen molar-refractivity contribution >= 4 is 5.97 Å². The predicted octanol–water partition coefficient (Wildman–Crippen LogP) is 1.30. The fraction of sp³-hybridized carbons (Fsp3) is 0.154. The molecule has 1 heterocycles. The highest BCUT2D eigenvalue weighted by atomic mass is 16.4. The largest absolute Gasteiger partial charge is 0.477 e. The average Bonchev–Trinajstić information content (AvgIpc) is 2.34. The van der Waals surface area contributed by atoms with E-state index in [0.717, 1.165) is 11.1 Å². The molecule has 1 N–H and O–H groups in total. The Morgan fingerprint density at radius 2 is 2.11 bits per heavy atom. The summed E-state index contributed by atoms with van der Waals surface area (Å²) in [6, 6.07) is 7.78. The molecule has 5 heteroatoms. The lowest BCUT2D eigenvalue weighted by atomic mass is 10.1. The molecule has 0 radical (unpaired) electrons. The summed E-state index contributed by atoms with van der Waals surface area (Å²) >= 11 is 0. The van der Waals surface area contributed by atoms with E-state index in [2.05, 4.69) is 4.98 Å². The van der Waals surface area contributed by atoms with Crippen molar-refractivity contribution in [3.8, 4) is 0 Å². The zero-order valence-corrected chi connectivity index (χ0v) is 9.83. The number of hydrogen-bond donors (Lipinski definition) is 1. The van der Waals surface area contributed by atoms with Gasteiger partial charge < -0.3 is 9.67 Å². The lowest BCUT2D eigenvalue weighted by molar-refractivity contribution is 0.0694. The van der Waals surface area contributed by atoms with Crippen LogP contribution < -0.4 is 5.56 Å². The van der Waals surface area contributed by atoms with Crippen molar-refractivity contribution in [2.75, 3.05) is 0 Å². The number of carboxylic acids is 1. The lowest BCUT2D eigenvalue weighted by Gasteiger charge is -2.08. The molecule has 0 aliphatic carbocycles. The monoisotopic (exact) mass is 244 g/mol. The van der Waals surface area contributed by atoms with Crippen molar-refractivity contribution in [3.63, 3.8) is 0 Å². The van der Waals surface area contributed by atoms with Crippen molar-refractivity contribution in [1.29, 1.82) is 0 Å². The van der Waals surface area contributed by atoms with E-state index < -0.39 is 11.5 Å². The van der Waals surface area contributed by atoms with Crippen LogP contribution in [0.5, 0.6) is 0 Å². The second-order valence-corrected chi connectivity index (χ2v) is 4.00. The van der Waals surface area contributed by atoms with Gasteiger partial charge in [0, 0.05) is 12.7 Å². The predicted molar refractivity (Wildman–Crippen MR) is 65.7 cm³/mol. The van der Waals surface area contributed by atoms with Crippen LogP contribution in [0.4, 0.5) is 0 Å². The fourth-order valence-corrected chi connectivity index (χ4v) is 1.67. The first-order valence-corrected chi connectivity index (χ1v) is 5.42. The number of rotatable bonds is 3. The van der Waals surface area contributed by atoms with Crippen LogP contribution in [-0.4, -0.2) is 20.6 Å². The van der Waals surface area contributed by atoms with Gasteiger partial charge in [0.05, 0.1) is 6.33 Å². The van der Waals surface area contributed by atoms with Crippen LogP contribution in [0.15, 0.2) is 41.6 Å². The standard InChI is InChI=1S/C13H12N2O3/c1-9-4-2-3-5-10(9)6-15-7-11(13(17)18)12(16)14-8-15/h2-5,7-8H,6H2,1H3,(H,17,18). The summed E-state index contributed by atoms with van der Waals surface area (Å²) in [5.41, 5.74) is 1.13. The van der Waals surface area contributed by atoms with Gasteiger partial charge in [0.1, 0.15) is 5.56 Å². The Kier molecular flexibility index (Phi) is 3.23. The third-order valence-electron chi connectivity index (χ3n) is 2.69. The summed E-state index contributed by atoms with van der Waals surface area (Å²) in [7, 11) is 0. The van der Waals surface area contributed by atoms with Crippen LogP contribution in [0.3, 0.4) is 0 Å². The van der Waals surface area contributed by atoms with E-state index in [9.17, 15) is 9.59 Å². The molecule has 0 saturated heterocycles. The number of aromatic nitrogens is 2. The third kappa shape index (κ3) is 2.45. The third-order valence-corrected chi connectivity index (χ3v) is 2.69. The molecule has 0 aliphatic rings. The maximum absolute atomic E-state index is 11.2. The molecule has 0 spiro atoms. The number of aryl methyl sites for hydroxylation is 1. The molecule has 0 saturated carbocycles. The minimum atomic E-state index is -1.26. The molecular weight excluding hydrogens is 232 g/mol. The number of carbonyl (C=O) groups is 1. The Labute approximate surface area is 103 Å². The normalized spacial score (nSPS) is 10.3. The van der Waals surface area contributed by atoms with E-state index in [0.29, 0.717) is 6.54 Å². The molecule has 0 amide bonds. The van der Waals surface area contributed by atoms with E-state index in [1.54, 1.807) is 4.57 Å². The van der Waals surface area contributed by atoms with Gasteiger partial charge in [-0.05, 0) is 18.1 Å².